The van der Waals surface area contributed by atoms with Crippen molar-refractivity contribution in [3.63, 3.8) is 0 Å². The molecule has 1 N–H and O–H groups in total. The van der Waals surface area contributed by atoms with Crippen molar-refractivity contribution in [3.05, 3.63) is 58.9 Å². The minimum Gasteiger partial charge on any atom is -0.365 e. The lowest BCUT2D eigenvalue weighted by atomic mass is 10.2. The fraction of sp³-hybridized carbons (Fsp3) is 0.263. The van der Waals surface area contributed by atoms with E-state index in [0.29, 0.717) is 6.54 Å². The Morgan fingerprint density at radius 1 is 1.23 bits per heavy atom. The van der Waals surface area contributed by atoms with Crippen LogP contribution in [0.15, 0.2) is 37.1 Å². The molecule has 26 heavy (non-hydrogen) atoms. The Labute approximate surface area is 155 Å². The SMILES string of the molecule is Cc1nc(NCc2ccc(-n3ccnc3)nc2)c2c3c(sc2n1)CCC3. The van der Waals surface area contributed by atoms with Gasteiger partial charge in [0, 0.05) is 30.0 Å². The predicted molar refractivity (Wildman–Crippen MR) is 103 cm³/mol. The molecule has 130 valence electrons. The number of thiophene rings is 1. The molecule has 0 aromatic carbocycles. The van der Waals surface area contributed by atoms with Gasteiger partial charge in [-0.1, -0.05) is 6.07 Å². The van der Waals surface area contributed by atoms with Crippen LogP contribution in [0.4, 0.5) is 5.82 Å². The number of nitrogens with one attached hydrogen (secondary N) is 1. The fourth-order valence-electron chi connectivity index (χ4n) is 3.48. The molecule has 1 aliphatic carbocycles. The molecule has 4 aromatic heterocycles. The zero-order chi connectivity index (χ0) is 17.5. The standard InChI is InChI=1S/C19H18N6S/c1-12-23-18(17-14-3-2-4-15(14)26-19(17)24-12)22-10-13-5-6-16(21-9-13)25-8-7-20-11-25/h5-9,11H,2-4,10H2,1H3,(H,22,23,24). The highest BCUT2D eigenvalue weighted by molar-refractivity contribution is 7.19. The maximum atomic E-state index is 4.68. The fourth-order valence-corrected chi connectivity index (χ4v) is 4.79. The number of imidazole rings is 1. The number of nitrogens with zero attached hydrogens (tertiary/aromatic N) is 5. The monoisotopic (exact) mass is 362 g/mol. The largest absolute Gasteiger partial charge is 0.365 e. The minimum absolute atomic E-state index is 0.688. The van der Waals surface area contributed by atoms with Crippen molar-refractivity contribution in [1.82, 2.24) is 24.5 Å². The summed E-state index contributed by atoms with van der Waals surface area (Å²) < 4.78 is 1.89. The number of hydrogen-bond acceptors (Lipinski definition) is 6. The van der Waals surface area contributed by atoms with E-state index < -0.39 is 0 Å². The van der Waals surface area contributed by atoms with Gasteiger partial charge in [-0.15, -0.1) is 11.3 Å². The number of anilines is 1. The first-order valence-corrected chi connectivity index (χ1v) is 9.55. The zero-order valence-corrected chi connectivity index (χ0v) is 15.3. The van der Waals surface area contributed by atoms with Gasteiger partial charge in [0.1, 0.15) is 28.6 Å². The molecule has 6 nitrogen and oxygen atoms in total. The van der Waals surface area contributed by atoms with E-state index >= 15 is 0 Å². The zero-order valence-electron chi connectivity index (χ0n) is 14.4. The van der Waals surface area contributed by atoms with Gasteiger partial charge in [0.15, 0.2) is 0 Å². The number of aryl methyl sites for hydroxylation is 3. The third-order valence-electron chi connectivity index (χ3n) is 4.71. The van der Waals surface area contributed by atoms with Crippen molar-refractivity contribution < 1.29 is 0 Å². The number of fused-ring (bicyclic) bond motifs is 3. The summed E-state index contributed by atoms with van der Waals surface area (Å²) in [6, 6.07) is 4.08. The molecule has 0 amide bonds. The van der Waals surface area contributed by atoms with Crippen LogP contribution in [-0.4, -0.2) is 24.5 Å². The van der Waals surface area contributed by atoms with E-state index in [9.17, 15) is 0 Å². The molecule has 0 atom stereocenters. The van der Waals surface area contributed by atoms with E-state index in [4.69, 9.17) is 0 Å². The van der Waals surface area contributed by atoms with Crippen molar-refractivity contribution >= 4 is 27.4 Å². The van der Waals surface area contributed by atoms with Gasteiger partial charge in [-0.2, -0.15) is 0 Å². The molecule has 4 heterocycles. The van der Waals surface area contributed by atoms with Gasteiger partial charge < -0.3 is 5.32 Å². The molecule has 0 spiro atoms. The van der Waals surface area contributed by atoms with Gasteiger partial charge in [-0.3, -0.25) is 4.57 Å². The van der Waals surface area contributed by atoms with Crippen LogP contribution in [-0.2, 0) is 19.4 Å². The minimum atomic E-state index is 0.688. The molecule has 1 aliphatic rings. The second-order valence-electron chi connectivity index (χ2n) is 6.51. The molecule has 0 aliphatic heterocycles. The van der Waals surface area contributed by atoms with Crippen molar-refractivity contribution in [2.75, 3.05) is 5.32 Å². The Hall–Kier alpha value is -2.80. The molecule has 4 aromatic rings. The third-order valence-corrected chi connectivity index (χ3v) is 5.90. The first-order chi connectivity index (χ1) is 12.8. The molecule has 0 fully saturated rings. The normalized spacial score (nSPS) is 13.3. The highest BCUT2D eigenvalue weighted by Crippen LogP contribution is 2.39. The van der Waals surface area contributed by atoms with Gasteiger partial charge in [0.25, 0.3) is 0 Å². The van der Waals surface area contributed by atoms with Crippen molar-refractivity contribution in [3.8, 4) is 5.82 Å². The average molecular weight is 362 g/mol. The molecule has 0 saturated carbocycles. The first-order valence-electron chi connectivity index (χ1n) is 8.74. The molecule has 0 unspecified atom stereocenters. The quantitative estimate of drug-likeness (QED) is 0.600. The van der Waals surface area contributed by atoms with E-state index in [1.807, 2.05) is 41.3 Å². The van der Waals surface area contributed by atoms with E-state index in [2.05, 4.69) is 31.3 Å². The van der Waals surface area contributed by atoms with E-state index in [-0.39, 0.29) is 0 Å². The van der Waals surface area contributed by atoms with Crippen LogP contribution < -0.4 is 5.32 Å². The van der Waals surface area contributed by atoms with Crippen LogP contribution in [0, 0.1) is 6.92 Å². The van der Waals surface area contributed by atoms with Gasteiger partial charge >= 0.3 is 0 Å². The van der Waals surface area contributed by atoms with Gasteiger partial charge in [-0.25, -0.2) is 19.9 Å². The number of hydrogen-bond donors (Lipinski definition) is 1. The summed E-state index contributed by atoms with van der Waals surface area (Å²) in [5.74, 6) is 2.63. The molecular formula is C19H18N6S. The average Bonchev–Trinajstić information content (AvgIpc) is 3.37. The van der Waals surface area contributed by atoms with Crippen molar-refractivity contribution in [1.29, 1.82) is 0 Å². The highest BCUT2D eigenvalue weighted by atomic mass is 32.1. The predicted octanol–water partition coefficient (Wildman–Crippen LogP) is 3.68. The Bertz CT molecular complexity index is 1070. The first kappa shape index (κ1) is 15.5. The van der Waals surface area contributed by atoms with Crippen LogP contribution >= 0.6 is 11.3 Å². The summed E-state index contributed by atoms with van der Waals surface area (Å²) in [4.78, 5) is 20.5. The Kier molecular flexibility index (Phi) is 3.67. The van der Waals surface area contributed by atoms with Crippen molar-refractivity contribution in [2.24, 2.45) is 0 Å². The summed E-state index contributed by atoms with van der Waals surface area (Å²) in [5.41, 5.74) is 2.56. The molecule has 7 heteroatoms. The Morgan fingerprint density at radius 3 is 3.00 bits per heavy atom. The van der Waals surface area contributed by atoms with E-state index in [0.717, 1.165) is 34.3 Å². The maximum absolute atomic E-state index is 4.68. The maximum Gasteiger partial charge on any atom is 0.139 e. The summed E-state index contributed by atoms with van der Waals surface area (Å²) >= 11 is 1.82. The second-order valence-corrected chi connectivity index (χ2v) is 7.59. The van der Waals surface area contributed by atoms with Crippen LogP contribution in [0.2, 0.25) is 0 Å². The number of aromatic nitrogens is 5. The van der Waals surface area contributed by atoms with E-state index in [1.54, 1.807) is 12.5 Å². The number of pyridine rings is 1. The van der Waals surface area contributed by atoms with Gasteiger partial charge in [0.05, 0.1) is 5.39 Å². The number of rotatable bonds is 4. The van der Waals surface area contributed by atoms with Gasteiger partial charge in [-0.05, 0) is 43.4 Å². The lowest BCUT2D eigenvalue weighted by Crippen LogP contribution is -2.05. The van der Waals surface area contributed by atoms with Gasteiger partial charge in [0.2, 0.25) is 0 Å². The summed E-state index contributed by atoms with van der Waals surface area (Å²) in [7, 11) is 0. The third kappa shape index (κ3) is 2.64. The second kappa shape index (κ2) is 6.17. The van der Waals surface area contributed by atoms with Crippen molar-refractivity contribution in [2.45, 2.75) is 32.7 Å². The molecule has 5 rings (SSSR count). The Morgan fingerprint density at radius 2 is 2.19 bits per heavy atom. The van der Waals surface area contributed by atoms with Crippen LogP contribution in [0.1, 0.15) is 28.2 Å². The Balaban J connectivity index is 1.41. The van der Waals surface area contributed by atoms with Crippen LogP contribution in [0.25, 0.3) is 16.0 Å². The lowest BCUT2D eigenvalue weighted by Gasteiger charge is -2.09. The smallest absolute Gasteiger partial charge is 0.139 e. The molecule has 0 saturated heterocycles. The van der Waals surface area contributed by atoms with Crippen LogP contribution in [0.3, 0.4) is 0 Å². The topological polar surface area (TPSA) is 68.5 Å². The summed E-state index contributed by atoms with van der Waals surface area (Å²) in [5, 5.41) is 4.73. The lowest BCUT2D eigenvalue weighted by molar-refractivity contribution is 0.916. The summed E-state index contributed by atoms with van der Waals surface area (Å²) in [6.45, 7) is 2.64. The molecule has 0 radical (unpaired) electrons. The molecule has 0 bridgehead atoms. The van der Waals surface area contributed by atoms with Crippen LogP contribution in [0.5, 0.6) is 0 Å². The highest BCUT2D eigenvalue weighted by Gasteiger charge is 2.21. The summed E-state index contributed by atoms with van der Waals surface area (Å²) in [6.07, 6.45) is 10.8. The van der Waals surface area contributed by atoms with E-state index in [1.165, 1.54) is 28.7 Å². The molecular weight excluding hydrogens is 344 g/mol.